The molecule has 4 N–H and O–H groups in total. The van der Waals surface area contributed by atoms with Gasteiger partial charge in [0, 0.05) is 26.7 Å². The first-order valence-electron chi connectivity index (χ1n) is 15.4. The maximum absolute atomic E-state index is 13.0. The summed E-state index contributed by atoms with van der Waals surface area (Å²) >= 11 is 0. The number of ether oxygens (including phenoxy) is 7. The molecule has 0 radical (unpaired) electrons. The van der Waals surface area contributed by atoms with E-state index in [2.05, 4.69) is 0 Å². The lowest BCUT2D eigenvalue weighted by Crippen LogP contribution is -2.64. The van der Waals surface area contributed by atoms with Crippen LogP contribution in [-0.2, 0) is 52.3 Å². The molecule has 0 aromatic carbocycles. The summed E-state index contributed by atoms with van der Waals surface area (Å²) in [6.45, 7) is 8.07. The normalized spacial score (nSPS) is 31.6. The summed E-state index contributed by atoms with van der Waals surface area (Å²) < 4.78 is 38.8. The first kappa shape index (κ1) is 38.8. The molecule has 2 fully saturated rings. The zero-order valence-electron chi connectivity index (χ0n) is 26.9. The van der Waals surface area contributed by atoms with E-state index < -0.39 is 98.5 Å². The summed E-state index contributed by atoms with van der Waals surface area (Å²) in [5.41, 5.74) is 0. The second kappa shape index (κ2) is 18.1. The summed E-state index contributed by atoms with van der Waals surface area (Å²) in [5.74, 6) is -4.68. The fraction of sp³-hybridized carbons (Fsp3) is 0.867. The van der Waals surface area contributed by atoms with Crippen molar-refractivity contribution in [3.63, 3.8) is 0 Å². The summed E-state index contributed by atoms with van der Waals surface area (Å²) in [5, 5.41) is 42.9. The van der Waals surface area contributed by atoms with Crippen LogP contribution >= 0.6 is 0 Å². The molecule has 2 aliphatic rings. The number of carbonyl (C=O) groups excluding carboxylic acids is 4. The van der Waals surface area contributed by atoms with Gasteiger partial charge < -0.3 is 53.6 Å². The third-order valence-corrected chi connectivity index (χ3v) is 7.41. The molecule has 0 spiro atoms. The van der Waals surface area contributed by atoms with Gasteiger partial charge in [0.2, 0.25) is 12.1 Å². The number of aliphatic hydroxyl groups is 4. The second-order valence-corrected chi connectivity index (χ2v) is 12.3. The van der Waals surface area contributed by atoms with Gasteiger partial charge >= 0.3 is 23.9 Å². The van der Waals surface area contributed by atoms with Gasteiger partial charge in [0.1, 0.15) is 43.7 Å². The van der Waals surface area contributed by atoms with Gasteiger partial charge in [-0.05, 0) is 24.7 Å². The van der Waals surface area contributed by atoms with E-state index in [1.54, 1.807) is 0 Å². The standard InChI is InChI=1S/C30H50O15/c1-16(2)9-7-11-22(34)42-26-24(36)20(13-31)41-29(27(26)43-23(35)12-8-10-17(3)4)45-30(15-40-19(6)33)28(38)25(37)21(44-30)14-39-18(5)32/h16-17,20-21,24-29,31,36-38H,7-15H2,1-6H3/t20-,21-,24-,25-,26+,27-,28+,29-,30+/m1/s1. The minimum atomic E-state index is -2.38. The molecule has 0 aliphatic carbocycles. The lowest BCUT2D eigenvalue weighted by Gasteiger charge is -2.45. The van der Waals surface area contributed by atoms with Crippen molar-refractivity contribution in [2.75, 3.05) is 19.8 Å². The minimum Gasteiger partial charge on any atom is -0.463 e. The fourth-order valence-corrected chi connectivity index (χ4v) is 4.97. The number of hydrogen-bond acceptors (Lipinski definition) is 15. The molecule has 15 heteroatoms. The minimum absolute atomic E-state index is 0.00510. The van der Waals surface area contributed by atoms with Crippen LogP contribution in [0.3, 0.4) is 0 Å². The van der Waals surface area contributed by atoms with E-state index in [4.69, 9.17) is 33.2 Å². The second-order valence-electron chi connectivity index (χ2n) is 12.3. The van der Waals surface area contributed by atoms with Crippen LogP contribution in [0.5, 0.6) is 0 Å². The van der Waals surface area contributed by atoms with Crippen molar-refractivity contribution < 1.29 is 72.8 Å². The first-order chi connectivity index (χ1) is 21.1. The largest absolute Gasteiger partial charge is 0.463 e. The Hall–Kier alpha value is -2.40. The van der Waals surface area contributed by atoms with Crippen LogP contribution in [0.1, 0.15) is 80.1 Å². The van der Waals surface area contributed by atoms with Crippen molar-refractivity contribution in [3.05, 3.63) is 0 Å². The average molecular weight is 651 g/mol. The maximum Gasteiger partial charge on any atom is 0.306 e. The lowest BCUT2D eigenvalue weighted by atomic mass is 9.97. The van der Waals surface area contributed by atoms with Gasteiger partial charge in [-0.3, -0.25) is 19.2 Å². The van der Waals surface area contributed by atoms with Crippen LogP contribution in [0.25, 0.3) is 0 Å². The third kappa shape index (κ3) is 11.7. The van der Waals surface area contributed by atoms with Gasteiger partial charge in [0.25, 0.3) is 0 Å². The number of esters is 4. The van der Waals surface area contributed by atoms with E-state index in [9.17, 15) is 39.6 Å². The molecule has 2 aliphatic heterocycles. The zero-order chi connectivity index (χ0) is 33.9. The van der Waals surface area contributed by atoms with Crippen molar-refractivity contribution >= 4 is 23.9 Å². The highest BCUT2D eigenvalue weighted by Gasteiger charge is 2.61. The summed E-state index contributed by atoms with van der Waals surface area (Å²) in [7, 11) is 0. The Morgan fingerprint density at radius 1 is 0.778 bits per heavy atom. The molecule has 2 saturated heterocycles. The Morgan fingerprint density at radius 3 is 1.80 bits per heavy atom. The van der Waals surface area contributed by atoms with Crippen LogP contribution in [-0.4, -0.2) is 119 Å². The Kier molecular flexibility index (Phi) is 15.6. The van der Waals surface area contributed by atoms with Crippen LogP contribution in [0.4, 0.5) is 0 Å². The molecule has 0 saturated carbocycles. The van der Waals surface area contributed by atoms with E-state index in [1.165, 1.54) is 0 Å². The van der Waals surface area contributed by atoms with Gasteiger partial charge in [-0.1, -0.05) is 40.5 Å². The Balaban J connectivity index is 2.45. The van der Waals surface area contributed by atoms with Crippen molar-refractivity contribution in [2.45, 2.75) is 135 Å². The summed E-state index contributed by atoms with van der Waals surface area (Å²) in [6.07, 6.45) is -10.8. The number of rotatable bonds is 17. The van der Waals surface area contributed by atoms with E-state index in [0.717, 1.165) is 20.3 Å². The molecule has 260 valence electrons. The molecule has 0 amide bonds. The summed E-state index contributed by atoms with van der Waals surface area (Å²) in [4.78, 5) is 49.0. The molecule has 0 aromatic rings. The smallest absolute Gasteiger partial charge is 0.306 e. The first-order valence-corrected chi connectivity index (χ1v) is 15.4. The number of carbonyl (C=O) groups is 4. The van der Waals surface area contributed by atoms with Crippen molar-refractivity contribution in [2.24, 2.45) is 11.8 Å². The van der Waals surface area contributed by atoms with Crippen molar-refractivity contribution in [1.82, 2.24) is 0 Å². The summed E-state index contributed by atoms with van der Waals surface area (Å²) in [6, 6.07) is 0. The van der Waals surface area contributed by atoms with Crippen molar-refractivity contribution in [3.8, 4) is 0 Å². The molecule has 9 atom stereocenters. The molecule has 2 heterocycles. The third-order valence-electron chi connectivity index (χ3n) is 7.41. The molecule has 0 bridgehead atoms. The SMILES string of the molecule is CC(=O)OC[C@H]1O[C@@](COC(C)=O)(O[C@H]2O[C@H](CO)[C@@H](O)[C@H](OC(=O)CCCC(C)C)[C@H]2OC(=O)CCCC(C)C)[C@@H](O)[C@@H]1O. The molecule has 15 nitrogen and oxygen atoms in total. The molecular formula is C30H50O15. The molecule has 45 heavy (non-hydrogen) atoms. The Morgan fingerprint density at radius 2 is 1.31 bits per heavy atom. The molecule has 2 rings (SSSR count). The average Bonchev–Trinajstić information content (AvgIpc) is 3.18. The van der Waals surface area contributed by atoms with E-state index >= 15 is 0 Å². The zero-order valence-corrected chi connectivity index (χ0v) is 26.9. The van der Waals surface area contributed by atoms with E-state index in [1.807, 2.05) is 27.7 Å². The topological polar surface area (TPSA) is 214 Å². The monoisotopic (exact) mass is 650 g/mol. The highest BCUT2D eigenvalue weighted by Crippen LogP contribution is 2.38. The van der Waals surface area contributed by atoms with E-state index in [-0.39, 0.29) is 12.8 Å². The van der Waals surface area contributed by atoms with Gasteiger partial charge in [0.05, 0.1) is 6.61 Å². The van der Waals surface area contributed by atoms with Crippen LogP contribution in [0.2, 0.25) is 0 Å². The van der Waals surface area contributed by atoms with Crippen molar-refractivity contribution in [1.29, 1.82) is 0 Å². The van der Waals surface area contributed by atoms with Crippen LogP contribution < -0.4 is 0 Å². The lowest BCUT2D eigenvalue weighted by molar-refractivity contribution is -0.384. The Labute approximate surface area is 263 Å². The maximum atomic E-state index is 13.0. The van der Waals surface area contributed by atoms with Gasteiger partial charge in [0.15, 0.2) is 12.2 Å². The van der Waals surface area contributed by atoms with Crippen LogP contribution in [0.15, 0.2) is 0 Å². The van der Waals surface area contributed by atoms with Gasteiger partial charge in [-0.25, -0.2) is 0 Å². The quantitative estimate of drug-likeness (QED) is 0.125. The molecule has 0 aromatic heterocycles. The predicted octanol–water partition coefficient (Wildman–Crippen LogP) is 0.500. The highest BCUT2D eigenvalue weighted by molar-refractivity contribution is 5.71. The van der Waals surface area contributed by atoms with E-state index in [0.29, 0.717) is 31.1 Å². The van der Waals surface area contributed by atoms with Crippen LogP contribution in [0, 0.1) is 11.8 Å². The van der Waals surface area contributed by atoms with Gasteiger partial charge in [-0.15, -0.1) is 0 Å². The Bertz CT molecular complexity index is 971. The fourth-order valence-electron chi connectivity index (χ4n) is 4.97. The predicted molar refractivity (Wildman–Crippen MR) is 153 cm³/mol. The molecule has 0 unspecified atom stereocenters. The van der Waals surface area contributed by atoms with Gasteiger partial charge in [-0.2, -0.15) is 0 Å². The molecular weight excluding hydrogens is 600 g/mol. The highest BCUT2D eigenvalue weighted by atomic mass is 16.8. The number of aliphatic hydroxyl groups excluding tert-OH is 4. The number of hydrogen-bond donors (Lipinski definition) is 4.